The molecule has 0 aromatic heterocycles. The Hall–Kier alpha value is -2.73. The number of benzene rings is 2. The molecule has 2 aromatic rings. The van der Waals surface area contributed by atoms with Crippen LogP contribution in [0.5, 0.6) is 0 Å². The zero-order chi connectivity index (χ0) is 17.5. The van der Waals surface area contributed by atoms with Crippen LogP contribution in [0.2, 0.25) is 5.02 Å². The summed E-state index contributed by atoms with van der Waals surface area (Å²) in [7, 11) is 0. The van der Waals surface area contributed by atoms with Crippen LogP contribution in [0.4, 0.5) is 4.39 Å². The predicted octanol–water partition coefficient (Wildman–Crippen LogP) is 2.90. The molecular formula is C17H14ClFN2O3. The summed E-state index contributed by atoms with van der Waals surface area (Å²) < 4.78 is 12.8. The van der Waals surface area contributed by atoms with E-state index in [1.54, 1.807) is 12.1 Å². The maximum atomic E-state index is 12.8. The molecule has 0 saturated heterocycles. The lowest BCUT2D eigenvalue weighted by Gasteiger charge is -2.07. The molecule has 0 saturated carbocycles. The second-order valence-corrected chi connectivity index (χ2v) is 5.38. The third-order valence-electron chi connectivity index (χ3n) is 3.17. The van der Waals surface area contributed by atoms with Crippen molar-refractivity contribution in [1.82, 2.24) is 10.9 Å². The van der Waals surface area contributed by atoms with E-state index < -0.39 is 17.6 Å². The van der Waals surface area contributed by atoms with Crippen LogP contribution in [-0.4, -0.2) is 17.6 Å². The number of rotatable bonds is 5. The highest BCUT2D eigenvalue weighted by atomic mass is 35.5. The molecule has 2 rings (SSSR count). The number of ketones is 1. The van der Waals surface area contributed by atoms with Gasteiger partial charge in [0.05, 0.1) is 0 Å². The number of nitrogens with one attached hydrogen (secondary N) is 2. The van der Waals surface area contributed by atoms with E-state index in [9.17, 15) is 18.8 Å². The van der Waals surface area contributed by atoms with Gasteiger partial charge >= 0.3 is 0 Å². The normalized spacial score (nSPS) is 10.1. The number of hydrogen-bond acceptors (Lipinski definition) is 3. The fraction of sp³-hybridized carbons (Fsp3) is 0.118. The molecule has 0 radical (unpaired) electrons. The number of halogens is 2. The Bertz CT molecular complexity index is 682. The van der Waals surface area contributed by atoms with Crippen LogP contribution in [-0.2, 0) is 4.79 Å². The van der Waals surface area contributed by atoms with Crippen molar-refractivity contribution in [3.8, 4) is 0 Å². The molecular weight excluding hydrogens is 335 g/mol. The number of hydrazine groups is 1. The largest absolute Gasteiger partial charge is 0.294 e. The molecule has 5 nitrogen and oxygen atoms in total. The van der Waals surface area contributed by atoms with Gasteiger partial charge in [-0.15, -0.1) is 0 Å². The average molecular weight is 349 g/mol. The van der Waals surface area contributed by atoms with Crippen molar-refractivity contribution in [2.24, 2.45) is 0 Å². The quantitative estimate of drug-likeness (QED) is 0.644. The standard InChI is InChI=1S/C17H14ClFN2O3/c18-13-5-1-12(2-6-13)17(24)21-20-16(23)10-9-15(22)11-3-7-14(19)8-4-11/h1-8H,9-10H2,(H,20,23)(H,21,24). The van der Waals surface area contributed by atoms with Crippen molar-refractivity contribution in [2.45, 2.75) is 12.8 Å². The van der Waals surface area contributed by atoms with E-state index in [1.165, 1.54) is 36.4 Å². The van der Waals surface area contributed by atoms with E-state index in [1.807, 2.05) is 0 Å². The molecule has 2 aromatic carbocycles. The Morgan fingerprint density at radius 1 is 0.833 bits per heavy atom. The van der Waals surface area contributed by atoms with Crippen molar-refractivity contribution in [1.29, 1.82) is 0 Å². The van der Waals surface area contributed by atoms with Crippen LogP contribution in [0, 0.1) is 5.82 Å². The summed E-state index contributed by atoms with van der Waals surface area (Å²) in [4.78, 5) is 35.3. The summed E-state index contributed by atoms with van der Waals surface area (Å²) in [6.07, 6.45) is -0.147. The van der Waals surface area contributed by atoms with Crippen LogP contribution >= 0.6 is 11.6 Å². The molecule has 0 spiro atoms. The molecule has 124 valence electrons. The molecule has 0 aliphatic rings. The Morgan fingerprint density at radius 2 is 1.42 bits per heavy atom. The first-order valence-corrected chi connectivity index (χ1v) is 7.47. The molecule has 0 fully saturated rings. The van der Waals surface area contributed by atoms with E-state index in [0.717, 1.165) is 0 Å². The zero-order valence-corrected chi connectivity index (χ0v) is 13.3. The molecule has 24 heavy (non-hydrogen) atoms. The van der Waals surface area contributed by atoms with Crippen LogP contribution < -0.4 is 10.9 Å². The number of Topliss-reactive ketones (excluding diaryl/α,β-unsaturated/α-hetero) is 1. The Balaban J connectivity index is 1.77. The minimum atomic E-state index is -0.507. The fourth-order valence-corrected chi connectivity index (χ4v) is 2.00. The summed E-state index contributed by atoms with van der Waals surface area (Å²) in [5.41, 5.74) is 5.14. The molecule has 2 N–H and O–H groups in total. The molecule has 0 bridgehead atoms. The lowest BCUT2D eigenvalue weighted by molar-refractivity contribution is -0.121. The van der Waals surface area contributed by atoms with Gasteiger partial charge in [-0.2, -0.15) is 0 Å². The van der Waals surface area contributed by atoms with Crippen LogP contribution in [0.25, 0.3) is 0 Å². The molecule has 0 aliphatic heterocycles. The van der Waals surface area contributed by atoms with E-state index >= 15 is 0 Å². The summed E-state index contributed by atoms with van der Waals surface area (Å²) in [5, 5.41) is 0.495. The lowest BCUT2D eigenvalue weighted by Crippen LogP contribution is -2.41. The average Bonchev–Trinajstić information content (AvgIpc) is 2.58. The van der Waals surface area contributed by atoms with Gasteiger partial charge in [0.25, 0.3) is 5.91 Å². The second kappa shape index (κ2) is 8.21. The van der Waals surface area contributed by atoms with Gasteiger partial charge in [0.2, 0.25) is 5.91 Å². The first kappa shape index (κ1) is 17.6. The fourth-order valence-electron chi connectivity index (χ4n) is 1.87. The minimum Gasteiger partial charge on any atom is -0.294 e. The van der Waals surface area contributed by atoms with Crippen molar-refractivity contribution < 1.29 is 18.8 Å². The SMILES string of the molecule is O=C(CCC(=O)c1ccc(F)cc1)NNC(=O)c1ccc(Cl)cc1. The molecule has 2 amide bonds. The zero-order valence-electron chi connectivity index (χ0n) is 12.5. The van der Waals surface area contributed by atoms with Gasteiger partial charge < -0.3 is 0 Å². The van der Waals surface area contributed by atoms with Crippen LogP contribution in [0.15, 0.2) is 48.5 Å². The summed E-state index contributed by atoms with van der Waals surface area (Å²) in [6, 6.07) is 11.2. The number of amides is 2. The molecule has 0 aliphatic carbocycles. The van der Waals surface area contributed by atoms with Gasteiger partial charge in [0, 0.05) is 29.0 Å². The van der Waals surface area contributed by atoms with Gasteiger partial charge in [0.1, 0.15) is 5.82 Å². The highest BCUT2D eigenvalue weighted by molar-refractivity contribution is 6.30. The van der Waals surface area contributed by atoms with Crippen molar-refractivity contribution >= 4 is 29.2 Å². The van der Waals surface area contributed by atoms with E-state index in [-0.39, 0.29) is 18.6 Å². The number of carbonyl (C=O) groups excluding carboxylic acids is 3. The highest BCUT2D eigenvalue weighted by Gasteiger charge is 2.11. The maximum Gasteiger partial charge on any atom is 0.269 e. The van der Waals surface area contributed by atoms with Gasteiger partial charge in [-0.3, -0.25) is 25.2 Å². The first-order chi connectivity index (χ1) is 11.5. The van der Waals surface area contributed by atoms with Gasteiger partial charge in [-0.05, 0) is 48.5 Å². The highest BCUT2D eigenvalue weighted by Crippen LogP contribution is 2.09. The summed E-state index contributed by atoms with van der Waals surface area (Å²) in [5.74, 6) is -1.72. The van der Waals surface area contributed by atoms with Crippen molar-refractivity contribution in [3.63, 3.8) is 0 Å². The van der Waals surface area contributed by atoms with Gasteiger partial charge in [-0.1, -0.05) is 11.6 Å². The predicted molar refractivity (Wildman–Crippen MR) is 87.0 cm³/mol. The van der Waals surface area contributed by atoms with Gasteiger partial charge in [0.15, 0.2) is 5.78 Å². The van der Waals surface area contributed by atoms with Crippen molar-refractivity contribution in [3.05, 3.63) is 70.5 Å². The topological polar surface area (TPSA) is 75.3 Å². The van der Waals surface area contributed by atoms with E-state index in [0.29, 0.717) is 16.1 Å². The Kier molecular flexibility index (Phi) is 6.03. The van der Waals surface area contributed by atoms with Crippen molar-refractivity contribution in [2.75, 3.05) is 0 Å². The maximum absolute atomic E-state index is 12.8. The third kappa shape index (κ3) is 5.17. The minimum absolute atomic E-state index is 0.0473. The molecule has 0 heterocycles. The summed E-state index contributed by atoms with van der Waals surface area (Å²) in [6.45, 7) is 0. The Labute approximate surface area is 142 Å². The molecule has 0 atom stereocenters. The molecule has 7 heteroatoms. The number of hydrogen-bond donors (Lipinski definition) is 2. The third-order valence-corrected chi connectivity index (χ3v) is 3.42. The van der Waals surface area contributed by atoms with Gasteiger partial charge in [-0.25, -0.2) is 4.39 Å². The summed E-state index contributed by atoms with van der Waals surface area (Å²) >= 11 is 5.72. The lowest BCUT2D eigenvalue weighted by atomic mass is 10.1. The van der Waals surface area contributed by atoms with E-state index in [4.69, 9.17) is 11.6 Å². The smallest absolute Gasteiger partial charge is 0.269 e. The first-order valence-electron chi connectivity index (χ1n) is 7.09. The van der Waals surface area contributed by atoms with Crippen LogP contribution in [0.3, 0.4) is 0 Å². The van der Waals surface area contributed by atoms with Crippen LogP contribution in [0.1, 0.15) is 33.6 Å². The second-order valence-electron chi connectivity index (χ2n) is 4.94. The Morgan fingerprint density at radius 3 is 2.04 bits per heavy atom. The monoisotopic (exact) mass is 348 g/mol. The number of carbonyl (C=O) groups is 3. The molecule has 0 unspecified atom stereocenters. The van der Waals surface area contributed by atoms with E-state index in [2.05, 4.69) is 10.9 Å².